The molecule has 0 bridgehead atoms. The number of aromatic amines is 1. The number of anilines is 1. The van der Waals surface area contributed by atoms with E-state index in [1.165, 1.54) is 0 Å². The summed E-state index contributed by atoms with van der Waals surface area (Å²) in [4.78, 5) is 28.2. The molecule has 6 heteroatoms. The molecule has 6 nitrogen and oxygen atoms in total. The molecule has 0 spiro atoms. The average molecular weight is 313 g/mol. The van der Waals surface area contributed by atoms with Gasteiger partial charge in [0, 0.05) is 38.8 Å². The van der Waals surface area contributed by atoms with Gasteiger partial charge in [-0.05, 0) is 30.7 Å². The lowest BCUT2D eigenvalue weighted by atomic mass is 10.0. The predicted molar refractivity (Wildman–Crippen MR) is 89.2 cm³/mol. The number of fused-ring (bicyclic) bond motifs is 2. The fourth-order valence-corrected chi connectivity index (χ4v) is 4.32. The van der Waals surface area contributed by atoms with Crippen molar-refractivity contribution in [3.05, 3.63) is 18.6 Å². The summed E-state index contributed by atoms with van der Waals surface area (Å²) in [5.74, 6) is 2.58. The average Bonchev–Trinajstić information content (AvgIpc) is 3.26. The summed E-state index contributed by atoms with van der Waals surface area (Å²) in [5.41, 5.74) is 0.889. The second-order valence-electron chi connectivity index (χ2n) is 6.85. The van der Waals surface area contributed by atoms with E-state index in [1.807, 2.05) is 19.2 Å². The van der Waals surface area contributed by atoms with Gasteiger partial charge in [0.05, 0.1) is 5.39 Å². The zero-order valence-electron chi connectivity index (χ0n) is 13.7. The van der Waals surface area contributed by atoms with Crippen LogP contribution in [0.5, 0.6) is 0 Å². The predicted octanol–water partition coefficient (Wildman–Crippen LogP) is 2.04. The zero-order valence-corrected chi connectivity index (χ0v) is 13.7. The highest BCUT2D eigenvalue weighted by molar-refractivity contribution is 5.87. The van der Waals surface area contributed by atoms with Gasteiger partial charge in [0.1, 0.15) is 17.8 Å². The molecule has 1 aliphatic heterocycles. The zero-order chi connectivity index (χ0) is 16.0. The molecule has 3 heterocycles. The largest absolute Gasteiger partial charge is 0.356 e. The lowest BCUT2D eigenvalue weighted by molar-refractivity contribution is -0.130. The van der Waals surface area contributed by atoms with Gasteiger partial charge in [0.2, 0.25) is 5.91 Å². The van der Waals surface area contributed by atoms with Gasteiger partial charge in [-0.25, -0.2) is 9.97 Å². The number of nitrogens with one attached hydrogen (secondary N) is 1. The van der Waals surface area contributed by atoms with E-state index in [9.17, 15) is 4.79 Å². The van der Waals surface area contributed by atoms with Crippen molar-refractivity contribution in [2.75, 3.05) is 25.0 Å². The van der Waals surface area contributed by atoms with Gasteiger partial charge in [-0.2, -0.15) is 0 Å². The SMILES string of the molecule is CCC(=O)N1CC2CC(N(C)c3ncnc4[nH]ccc34)CC2C1. The first-order valence-electron chi connectivity index (χ1n) is 8.46. The van der Waals surface area contributed by atoms with Gasteiger partial charge in [0.25, 0.3) is 0 Å². The lowest BCUT2D eigenvalue weighted by Gasteiger charge is -2.28. The standard InChI is InChI=1S/C17H23N5O/c1-3-15(23)22-8-11-6-13(7-12(11)9-22)21(2)17-14-4-5-18-16(14)19-10-20-17/h4-5,10-13H,3,6-9H2,1-2H3,(H,18,19,20). The molecule has 122 valence electrons. The van der Waals surface area contributed by atoms with Gasteiger partial charge in [-0.3, -0.25) is 4.79 Å². The molecule has 0 radical (unpaired) electrons. The minimum Gasteiger partial charge on any atom is -0.356 e. The Morgan fingerprint density at radius 3 is 2.78 bits per heavy atom. The molecular formula is C17H23N5O. The number of hydrogen-bond acceptors (Lipinski definition) is 4. The van der Waals surface area contributed by atoms with Crippen LogP contribution in [0, 0.1) is 11.8 Å². The van der Waals surface area contributed by atoms with Crippen LogP contribution in [0.1, 0.15) is 26.2 Å². The molecule has 1 N–H and O–H groups in total. The van der Waals surface area contributed by atoms with Gasteiger partial charge < -0.3 is 14.8 Å². The summed E-state index contributed by atoms with van der Waals surface area (Å²) in [6.07, 6.45) is 6.45. The lowest BCUT2D eigenvalue weighted by Crippen LogP contribution is -2.34. The normalized spacial score (nSPS) is 26.7. The maximum Gasteiger partial charge on any atom is 0.222 e. The molecule has 2 atom stereocenters. The topological polar surface area (TPSA) is 65.1 Å². The van der Waals surface area contributed by atoms with E-state index in [0.717, 1.165) is 42.8 Å². The van der Waals surface area contributed by atoms with E-state index in [0.29, 0.717) is 30.2 Å². The van der Waals surface area contributed by atoms with Gasteiger partial charge in [0.15, 0.2) is 0 Å². The first-order chi connectivity index (χ1) is 11.2. The van der Waals surface area contributed by atoms with Crippen molar-refractivity contribution >= 4 is 22.8 Å². The molecule has 2 aromatic rings. The molecule has 2 aromatic heterocycles. The van der Waals surface area contributed by atoms with Gasteiger partial charge in [-0.15, -0.1) is 0 Å². The highest BCUT2D eigenvalue weighted by Gasteiger charge is 2.43. The number of rotatable bonds is 3. The van der Waals surface area contributed by atoms with Crippen molar-refractivity contribution in [3.63, 3.8) is 0 Å². The van der Waals surface area contributed by atoms with Crippen molar-refractivity contribution < 1.29 is 4.79 Å². The van der Waals surface area contributed by atoms with Crippen LogP contribution in [0.2, 0.25) is 0 Å². The Labute approximate surface area is 135 Å². The van der Waals surface area contributed by atoms with Crippen LogP contribution >= 0.6 is 0 Å². The maximum atomic E-state index is 11.9. The van der Waals surface area contributed by atoms with Gasteiger partial charge >= 0.3 is 0 Å². The third-order valence-corrected chi connectivity index (χ3v) is 5.60. The molecule has 2 fully saturated rings. The Morgan fingerprint density at radius 2 is 2.09 bits per heavy atom. The minimum atomic E-state index is 0.300. The van der Waals surface area contributed by atoms with Crippen LogP contribution in [-0.2, 0) is 4.79 Å². The van der Waals surface area contributed by atoms with Crippen LogP contribution in [-0.4, -0.2) is 51.9 Å². The summed E-state index contributed by atoms with van der Waals surface area (Å²) in [7, 11) is 2.13. The number of hydrogen-bond donors (Lipinski definition) is 1. The monoisotopic (exact) mass is 313 g/mol. The molecule has 23 heavy (non-hydrogen) atoms. The fourth-order valence-electron chi connectivity index (χ4n) is 4.32. The number of H-pyrrole nitrogens is 1. The second kappa shape index (κ2) is 5.51. The van der Waals surface area contributed by atoms with Gasteiger partial charge in [-0.1, -0.05) is 6.92 Å². The highest BCUT2D eigenvalue weighted by atomic mass is 16.2. The summed E-state index contributed by atoms with van der Waals surface area (Å²) >= 11 is 0. The molecule has 1 aliphatic carbocycles. The summed E-state index contributed by atoms with van der Waals surface area (Å²) < 4.78 is 0. The highest BCUT2D eigenvalue weighted by Crippen LogP contribution is 2.41. The third kappa shape index (κ3) is 2.36. The molecule has 2 aliphatic rings. The van der Waals surface area contributed by atoms with Crippen molar-refractivity contribution in [1.82, 2.24) is 19.9 Å². The Hall–Kier alpha value is -2.11. The van der Waals surface area contributed by atoms with Crippen LogP contribution in [0.4, 0.5) is 5.82 Å². The number of carbonyl (C=O) groups is 1. The van der Waals surface area contributed by atoms with E-state index in [1.54, 1.807) is 6.33 Å². The van der Waals surface area contributed by atoms with Crippen molar-refractivity contribution in [1.29, 1.82) is 0 Å². The maximum absolute atomic E-state index is 11.9. The van der Waals surface area contributed by atoms with E-state index in [4.69, 9.17) is 0 Å². The van der Waals surface area contributed by atoms with E-state index < -0.39 is 0 Å². The molecule has 2 unspecified atom stereocenters. The van der Waals surface area contributed by atoms with Crippen LogP contribution < -0.4 is 4.90 Å². The number of aromatic nitrogens is 3. The fraction of sp³-hybridized carbons (Fsp3) is 0.588. The summed E-state index contributed by atoms with van der Waals surface area (Å²) in [6.45, 7) is 3.82. The van der Waals surface area contributed by atoms with Crippen molar-refractivity contribution in [3.8, 4) is 0 Å². The van der Waals surface area contributed by atoms with Crippen LogP contribution in [0.25, 0.3) is 11.0 Å². The number of carbonyl (C=O) groups excluding carboxylic acids is 1. The number of likely N-dealkylation sites (tertiary alicyclic amines) is 1. The minimum absolute atomic E-state index is 0.300. The molecule has 0 aromatic carbocycles. The van der Waals surface area contributed by atoms with E-state index in [2.05, 4.69) is 31.8 Å². The van der Waals surface area contributed by atoms with E-state index >= 15 is 0 Å². The Balaban J connectivity index is 1.49. The van der Waals surface area contributed by atoms with E-state index in [-0.39, 0.29) is 0 Å². The Bertz CT molecular complexity index is 713. The molecular weight excluding hydrogens is 290 g/mol. The molecule has 1 amide bonds. The summed E-state index contributed by atoms with van der Waals surface area (Å²) in [6, 6.07) is 2.54. The molecule has 4 rings (SSSR count). The molecule has 1 saturated carbocycles. The number of amides is 1. The first-order valence-corrected chi connectivity index (χ1v) is 8.46. The smallest absolute Gasteiger partial charge is 0.222 e. The third-order valence-electron chi connectivity index (χ3n) is 5.60. The van der Waals surface area contributed by atoms with Crippen molar-refractivity contribution in [2.45, 2.75) is 32.2 Å². The quantitative estimate of drug-likeness (QED) is 0.942. The Morgan fingerprint density at radius 1 is 1.35 bits per heavy atom. The molecule has 1 saturated heterocycles. The first kappa shape index (κ1) is 14.5. The second-order valence-corrected chi connectivity index (χ2v) is 6.85. The Kier molecular flexibility index (Phi) is 3.47. The summed E-state index contributed by atoms with van der Waals surface area (Å²) in [5, 5.41) is 1.08. The van der Waals surface area contributed by atoms with Crippen molar-refractivity contribution in [2.24, 2.45) is 11.8 Å². The van der Waals surface area contributed by atoms with Crippen LogP contribution in [0.3, 0.4) is 0 Å². The number of nitrogens with zero attached hydrogens (tertiary/aromatic N) is 4. The van der Waals surface area contributed by atoms with Crippen LogP contribution in [0.15, 0.2) is 18.6 Å².